The van der Waals surface area contributed by atoms with Gasteiger partial charge in [0.15, 0.2) is 0 Å². The van der Waals surface area contributed by atoms with Crippen LogP contribution in [0.25, 0.3) is 11.0 Å². The number of fused-ring (bicyclic) bond motifs is 1. The quantitative estimate of drug-likeness (QED) is 0.738. The van der Waals surface area contributed by atoms with Crippen molar-refractivity contribution >= 4 is 43.9 Å². The number of thiophene rings is 1. The van der Waals surface area contributed by atoms with Crippen molar-refractivity contribution in [1.29, 1.82) is 0 Å². The number of carbonyl (C=O) groups is 1. The zero-order valence-electron chi connectivity index (χ0n) is 13.7. The number of para-hydroxylation sites is 1. The van der Waals surface area contributed by atoms with E-state index in [0.717, 1.165) is 11.3 Å². The molecule has 3 heterocycles. The molecular weight excluding hydrogens is 376 g/mol. The maximum Gasteiger partial charge on any atom is 0.291 e. The van der Waals surface area contributed by atoms with E-state index in [-0.39, 0.29) is 21.6 Å². The number of carbonyl (C=O) groups excluding carboxylic acids is 1. The molecule has 3 aromatic rings. The predicted octanol–water partition coefficient (Wildman–Crippen LogP) is 2.77. The Balaban J connectivity index is 1.78. The van der Waals surface area contributed by atoms with Gasteiger partial charge in [0.2, 0.25) is 5.76 Å². The minimum absolute atomic E-state index is 0.00627. The van der Waals surface area contributed by atoms with Crippen molar-refractivity contribution < 1.29 is 22.4 Å². The summed E-state index contributed by atoms with van der Waals surface area (Å²) < 4.78 is 39.0. The Morgan fingerprint density at radius 1 is 1.12 bits per heavy atom. The minimum Gasteiger partial charge on any atom is -0.449 e. The lowest BCUT2D eigenvalue weighted by Gasteiger charge is -2.26. The third kappa shape index (κ3) is 3.09. The van der Waals surface area contributed by atoms with Gasteiger partial charge in [0, 0.05) is 18.5 Å². The highest BCUT2D eigenvalue weighted by molar-refractivity contribution is 7.94. The van der Waals surface area contributed by atoms with E-state index < -0.39 is 10.0 Å². The maximum absolute atomic E-state index is 12.9. The molecule has 0 aliphatic carbocycles. The first-order valence-electron chi connectivity index (χ1n) is 8.01. The molecule has 0 saturated carbocycles. The van der Waals surface area contributed by atoms with Gasteiger partial charge in [-0.3, -0.25) is 9.52 Å². The smallest absolute Gasteiger partial charge is 0.291 e. The maximum atomic E-state index is 12.9. The number of hydrogen-bond donors (Lipinski definition) is 1. The highest BCUT2D eigenvalue weighted by Crippen LogP contribution is 2.34. The molecule has 0 atom stereocenters. The van der Waals surface area contributed by atoms with Gasteiger partial charge in [-0.1, -0.05) is 18.2 Å². The number of amides is 1. The summed E-state index contributed by atoms with van der Waals surface area (Å²) >= 11 is 1.11. The van der Waals surface area contributed by atoms with Crippen LogP contribution in [-0.4, -0.2) is 45.5 Å². The molecule has 0 radical (unpaired) electrons. The largest absolute Gasteiger partial charge is 0.449 e. The molecule has 2 aromatic heterocycles. The normalized spacial score (nSPS) is 15.3. The third-order valence-corrected chi connectivity index (χ3v) is 6.83. The van der Waals surface area contributed by atoms with Gasteiger partial charge < -0.3 is 14.1 Å². The van der Waals surface area contributed by atoms with Crippen LogP contribution in [0.15, 0.2) is 50.4 Å². The molecule has 1 saturated heterocycles. The van der Waals surface area contributed by atoms with Crippen LogP contribution < -0.4 is 4.72 Å². The van der Waals surface area contributed by atoms with Crippen molar-refractivity contribution in [2.75, 3.05) is 31.0 Å². The zero-order chi connectivity index (χ0) is 18.1. The lowest BCUT2D eigenvalue weighted by Crippen LogP contribution is -2.40. The molecule has 1 N–H and O–H groups in total. The summed E-state index contributed by atoms with van der Waals surface area (Å²) in [4.78, 5) is 14.5. The molecule has 1 aliphatic rings. The van der Waals surface area contributed by atoms with Crippen molar-refractivity contribution in [3.63, 3.8) is 0 Å². The third-order valence-electron chi connectivity index (χ3n) is 4.08. The summed E-state index contributed by atoms with van der Waals surface area (Å²) in [7, 11) is -3.81. The van der Waals surface area contributed by atoms with Crippen LogP contribution in [0.4, 0.5) is 5.69 Å². The van der Waals surface area contributed by atoms with Crippen molar-refractivity contribution in [3.8, 4) is 0 Å². The molecular formula is C17H16N2O5S2. The van der Waals surface area contributed by atoms with Gasteiger partial charge in [0.05, 0.1) is 13.2 Å². The first kappa shape index (κ1) is 17.1. The molecule has 1 aromatic carbocycles. The van der Waals surface area contributed by atoms with Gasteiger partial charge in [-0.2, -0.15) is 0 Å². The highest BCUT2D eigenvalue weighted by Gasteiger charge is 2.29. The number of rotatable bonds is 4. The number of anilines is 1. The second kappa shape index (κ2) is 6.75. The van der Waals surface area contributed by atoms with E-state index in [2.05, 4.69) is 4.72 Å². The molecule has 1 fully saturated rings. The van der Waals surface area contributed by atoms with E-state index in [1.54, 1.807) is 40.6 Å². The average molecular weight is 392 g/mol. The number of morpholine rings is 1. The number of nitrogens with one attached hydrogen (secondary N) is 1. The standard InChI is InChI=1S/C17H16N2O5S2/c20-17(19-7-9-23-10-8-19)16-15(12-4-1-2-5-13(12)24-16)18-26(21,22)14-6-3-11-25-14/h1-6,11,18H,7-10H2. The molecule has 7 nitrogen and oxygen atoms in total. The molecule has 0 spiro atoms. The number of furan rings is 1. The van der Waals surface area contributed by atoms with Gasteiger partial charge >= 0.3 is 0 Å². The zero-order valence-corrected chi connectivity index (χ0v) is 15.3. The van der Waals surface area contributed by atoms with Gasteiger partial charge in [0.25, 0.3) is 15.9 Å². The Hall–Kier alpha value is -2.36. The Labute approximate surface area is 154 Å². The summed E-state index contributed by atoms with van der Waals surface area (Å²) in [5.74, 6) is -0.360. The average Bonchev–Trinajstić information content (AvgIpc) is 3.31. The Morgan fingerprint density at radius 2 is 1.88 bits per heavy atom. The monoisotopic (exact) mass is 392 g/mol. The summed E-state index contributed by atoms with van der Waals surface area (Å²) in [6.07, 6.45) is 0. The van der Waals surface area contributed by atoms with E-state index in [9.17, 15) is 13.2 Å². The van der Waals surface area contributed by atoms with E-state index in [1.807, 2.05) is 0 Å². The lowest BCUT2D eigenvalue weighted by atomic mass is 10.2. The van der Waals surface area contributed by atoms with E-state index in [4.69, 9.17) is 9.15 Å². The van der Waals surface area contributed by atoms with Crippen LogP contribution in [0.1, 0.15) is 10.6 Å². The van der Waals surface area contributed by atoms with Crippen molar-refractivity contribution in [1.82, 2.24) is 4.90 Å². The van der Waals surface area contributed by atoms with Crippen LogP contribution >= 0.6 is 11.3 Å². The summed E-state index contributed by atoms with van der Waals surface area (Å²) in [6, 6.07) is 10.1. The van der Waals surface area contributed by atoms with E-state index in [0.29, 0.717) is 37.3 Å². The molecule has 1 amide bonds. The van der Waals surface area contributed by atoms with Crippen LogP contribution in [0.3, 0.4) is 0 Å². The number of hydrogen-bond acceptors (Lipinski definition) is 6. The fourth-order valence-corrected chi connectivity index (χ4v) is 4.88. The Bertz CT molecular complexity index is 1030. The first-order valence-corrected chi connectivity index (χ1v) is 10.4. The van der Waals surface area contributed by atoms with Crippen molar-refractivity contribution in [3.05, 3.63) is 47.5 Å². The Kier molecular flexibility index (Phi) is 4.43. The number of sulfonamides is 1. The summed E-state index contributed by atoms with van der Waals surface area (Å²) in [5.41, 5.74) is 0.624. The molecule has 0 bridgehead atoms. The fourth-order valence-electron chi connectivity index (χ4n) is 2.81. The molecule has 26 heavy (non-hydrogen) atoms. The van der Waals surface area contributed by atoms with Gasteiger partial charge in [-0.05, 0) is 23.6 Å². The van der Waals surface area contributed by atoms with Gasteiger partial charge in [-0.15, -0.1) is 11.3 Å². The molecule has 4 rings (SSSR count). The summed E-state index contributed by atoms with van der Waals surface area (Å²) in [6.45, 7) is 1.77. The summed E-state index contributed by atoms with van der Waals surface area (Å²) in [5, 5.41) is 2.23. The number of ether oxygens (including phenoxy) is 1. The second-order valence-electron chi connectivity index (χ2n) is 5.74. The molecule has 9 heteroatoms. The molecule has 1 aliphatic heterocycles. The fraction of sp³-hybridized carbons (Fsp3) is 0.235. The van der Waals surface area contributed by atoms with E-state index >= 15 is 0 Å². The first-order chi connectivity index (χ1) is 12.6. The van der Waals surface area contributed by atoms with Crippen LogP contribution in [0, 0.1) is 0 Å². The van der Waals surface area contributed by atoms with Crippen LogP contribution in [0.2, 0.25) is 0 Å². The van der Waals surface area contributed by atoms with Crippen molar-refractivity contribution in [2.24, 2.45) is 0 Å². The van der Waals surface area contributed by atoms with Gasteiger partial charge in [0.1, 0.15) is 15.5 Å². The molecule has 136 valence electrons. The van der Waals surface area contributed by atoms with E-state index in [1.165, 1.54) is 6.07 Å². The van der Waals surface area contributed by atoms with Gasteiger partial charge in [-0.25, -0.2) is 8.42 Å². The predicted molar refractivity (Wildman–Crippen MR) is 98.1 cm³/mol. The lowest BCUT2D eigenvalue weighted by molar-refractivity contribution is 0.0285. The second-order valence-corrected chi connectivity index (χ2v) is 8.60. The highest BCUT2D eigenvalue weighted by atomic mass is 32.2. The van der Waals surface area contributed by atoms with Crippen molar-refractivity contribution in [2.45, 2.75) is 4.21 Å². The van der Waals surface area contributed by atoms with Crippen LogP contribution in [-0.2, 0) is 14.8 Å². The minimum atomic E-state index is -3.81. The number of benzene rings is 1. The van der Waals surface area contributed by atoms with Crippen LogP contribution in [0.5, 0.6) is 0 Å². The molecule has 0 unspecified atom stereocenters. The topological polar surface area (TPSA) is 88.8 Å². The Morgan fingerprint density at radius 3 is 2.62 bits per heavy atom. The number of nitrogens with zero attached hydrogens (tertiary/aromatic N) is 1. The SMILES string of the molecule is O=C(c1oc2ccccc2c1NS(=O)(=O)c1cccs1)N1CCOCC1.